The minimum absolute atomic E-state index is 0.337. The summed E-state index contributed by atoms with van der Waals surface area (Å²) in [6, 6.07) is 17.0. The first kappa shape index (κ1) is 22.5. The lowest BCUT2D eigenvalue weighted by atomic mass is 10.0. The summed E-state index contributed by atoms with van der Waals surface area (Å²) >= 11 is 0. The minimum atomic E-state index is -1.09. The van der Waals surface area contributed by atoms with E-state index in [1.165, 1.54) is 4.90 Å². The topological polar surface area (TPSA) is 107 Å². The van der Waals surface area contributed by atoms with Gasteiger partial charge in [0.15, 0.2) is 0 Å². The van der Waals surface area contributed by atoms with Crippen LogP contribution in [0.5, 0.6) is 0 Å². The summed E-state index contributed by atoms with van der Waals surface area (Å²) in [5, 5.41) is 22.1. The molecule has 164 valence electrons. The van der Waals surface area contributed by atoms with Crippen LogP contribution < -0.4 is 5.32 Å². The van der Waals surface area contributed by atoms with Crippen LogP contribution in [0, 0.1) is 0 Å². The van der Waals surface area contributed by atoms with E-state index in [0.29, 0.717) is 32.1 Å². The van der Waals surface area contributed by atoms with Gasteiger partial charge >= 0.3 is 11.9 Å². The fourth-order valence-corrected chi connectivity index (χ4v) is 4.14. The molecule has 0 spiro atoms. The molecule has 1 heterocycles. The summed E-state index contributed by atoms with van der Waals surface area (Å²) < 4.78 is 0. The van der Waals surface area contributed by atoms with Crippen molar-refractivity contribution >= 4 is 17.8 Å². The second kappa shape index (κ2) is 10.7. The standard InChI is InChI=1S/C24H28N2O5/c27-22(28)16-26-21(18-10-5-2-6-11-18)13-7-12-19(23(26)29)25-20(24(30)31)15-14-17-8-3-1-4-9-17/h1-6,8-11,19-21,25H,7,12-16H2,(H,27,28)(H,30,31)/t19-,20-,21?/m0/s1. The first-order valence-electron chi connectivity index (χ1n) is 10.6. The fourth-order valence-electron chi connectivity index (χ4n) is 4.14. The zero-order chi connectivity index (χ0) is 22.2. The number of hydrogen-bond donors (Lipinski definition) is 3. The van der Waals surface area contributed by atoms with Crippen LogP contribution >= 0.6 is 0 Å². The second-order valence-electron chi connectivity index (χ2n) is 7.85. The number of carboxylic acid groups (broad SMARTS) is 2. The van der Waals surface area contributed by atoms with Gasteiger partial charge in [0.25, 0.3) is 0 Å². The highest BCUT2D eigenvalue weighted by Gasteiger charge is 2.36. The van der Waals surface area contributed by atoms with Gasteiger partial charge < -0.3 is 15.1 Å². The fraction of sp³-hybridized carbons (Fsp3) is 0.375. The molecule has 0 aromatic heterocycles. The third kappa shape index (κ3) is 6.15. The molecule has 0 bridgehead atoms. The number of nitrogens with zero attached hydrogens (tertiary/aromatic N) is 1. The maximum absolute atomic E-state index is 13.3. The lowest BCUT2D eigenvalue weighted by Gasteiger charge is -2.31. The smallest absolute Gasteiger partial charge is 0.323 e. The number of amides is 1. The average molecular weight is 424 g/mol. The van der Waals surface area contributed by atoms with Gasteiger partial charge in [0, 0.05) is 0 Å². The van der Waals surface area contributed by atoms with E-state index in [4.69, 9.17) is 0 Å². The monoisotopic (exact) mass is 424 g/mol. The Balaban J connectivity index is 1.75. The Labute approximate surface area is 181 Å². The van der Waals surface area contributed by atoms with Crippen molar-refractivity contribution in [2.75, 3.05) is 6.54 Å². The summed E-state index contributed by atoms with van der Waals surface area (Å²) in [5.41, 5.74) is 1.91. The van der Waals surface area contributed by atoms with Crippen molar-refractivity contribution in [1.82, 2.24) is 10.2 Å². The van der Waals surface area contributed by atoms with Crippen LogP contribution in [0.2, 0.25) is 0 Å². The highest BCUT2D eigenvalue weighted by atomic mass is 16.4. The summed E-state index contributed by atoms with van der Waals surface area (Å²) in [5.74, 6) is -2.47. The van der Waals surface area contributed by atoms with Crippen LogP contribution in [-0.4, -0.2) is 51.6 Å². The first-order valence-corrected chi connectivity index (χ1v) is 10.6. The van der Waals surface area contributed by atoms with Gasteiger partial charge in [-0.3, -0.25) is 19.7 Å². The number of likely N-dealkylation sites (tertiary alicyclic amines) is 1. The molecular formula is C24H28N2O5. The van der Waals surface area contributed by atoms with Crippen molar-refractivity contribution in [1.29, 1.82) is 0 Å². The summed E-state index contributed by atoms with van der Waals surface area (Å²) in [6.45, 7) is -0.418. The third-order valence-electron chi connectivity index (χ3n) is 5.68. The Kier molecular flexibility index (Phi) is 7.78. The third-order valence-corrected chi connectivity index (χ3v) is 5.68. The number of benzene rings is 2. The molecule has 1 saturated heterocycles. The Morgan fingerprint density at radius 2 is 1.65 bits per heavy atom. The molecule has 0 aliphatic carbocycles. The van der Waals surface area contributed by atoms with Gasteiger partial charge in [-0.15, -0.1) is 0 Å². The summed E-state index contributed by atoms with van der Waals surface area (Å²) in [4.78, 5) is 38.0. The minimum Gasteiger partial charge on any atom is -0.480 e. The summed E-state index contributed by atoms with van der Waals surface area (Å²) in [6.07, 6.45) is 2.68. The Morgan fingerprint density at radius 3 is 2.26 bits per heavy atom. The van der Waals surface area contributed by atoms with E-state index < -0.39 is 30.6 Å². The van der Waals surface area contributed by atoms with Crippen molar-refractivity contribution in [3.05, 3.63) is 71.8 Å². The van der Waals surface area contributed by atoms with Gasteiger partial charge in [-0.05, 0) is 43.2 Å². The van der Waals surface area contributed by atoms with Crippen LogP contribution in [-0.2, 0) is 20.8 Å². The number of carboxylic acids is 2. The van der Waals surface area contributed by atoms with Gasteiger partial charge in [-0.2, -0.15) is 0 Å². The van der Waals surface area contributed by atoms with E-state index >= 15 is 0 Å². The molecule has 1 aliphatic rings. The summed E-state index contributed by atoms with van der Waals surface area (Å²) in [7, 11) is 0. The highest BCUT2D eigenvalue weighted by molar-refractivity contribution is 5.87. The normalized spacial score (nSPS) is 20.1. The molecule has 7 heteroatoms. The van der Waals surface area contributed by atoms with Gasteiger partial charge in [0.2, 0.25) is 5.91 Å². The number of aliphatic carboxylic acids is 2. The molecule has 1 amide bonds. The molecule has 31 heavy (non-hydrogen) atoms. The van der Waals surface area contributed by atoms with Gasteiger partial charge in [0.05, 0.1) is 12.1 Å². The molecule has 0 radical (unpaired) electrons. The quantitative estimate of drug-likeness (QED) is 0.571. The van der Waals surface area contributed by atoms with E-state index in [1.807, 2.05) is 60.7 Å². The van der Waals surface area contributed by atoms with Crippen LogP contribution in [0.15, 0.2) is 60.7 Å². The zero-order valence-corrected chi connectivity index (χ0v) is 17.3. The molecule has 1 fully saturated rings. The predicted octanol–water partition coefficient (Wildman–Crippen LogP) is 2.87. The lowest BCUT2D eigenvalue weighted by Crippen LogP contribution is -2.52. The molecule has 3 rings (SSSR count). The zero-order valence-electron chi connectivity index (χ0n) is 17.3. The van der Waals surface area contributed by atoms with Crippen molar-refractivity contribution in [2.45, 2.75) is 50.2 Å². The van der Waals surface area contributed by atoms with Crippen LogP contribution in [0.1, 0.15) is 42.9 Å². The van der Waals surface area contributed by atoms with E-state index in [1.54, 1.807) is 0 Å². The van der Waals surface area contributed by atoms with Crippen LogP contribution in [0.3, 0.4) is 0 Å². The Morgan fingerprint density at radius 1 is 1.00 bits per heavy atom. The average Bonchev–Trinajstić information content (AvgIpc) is 2.91. The van der Waals surface area contributed by atoms with Crippen molar-refractivity contribution < 1.29 is 24.6 Å². The molecule has 2 aromatic rings. The van der Waals surface area contributed by atoms with Gasteiger partial charge in [-0.1, -0.05) is 60.7 Å². The molecule has 1 aliphatic heterocycles. The highest BCUT2D eigenvalue weighted by Crippen LogP contribution is 2.31. The molecule has 1 unspecified atom stereocenters. The maximum Gasteiger partial charge on any atom is 0.323 e. The molecule has 3 N–H and O–H groups in total. The lowest BCUT2D eigenvalue weighted by molar-refractivity contribution is -0.148. The van der Waals surface area contributed by atoms with E-state index in [-0.39, 0.29) is 11.9 Å². The predicted molar refractivity (Wildman–Crippen MR) is 115 cm³/mol. The number of nitrogens with one attached hydrogen (secondary N) is 1. The van der Waals surface area contributed by atoms with Crippen molar-refractivity contribution in [3.63, 3.8) is 0 Å². The molecular weight excluding hydrogens is 396 g/mol. The molecule has 3 atom stereocenters. The van der Waals surface area contributed by atoms with Crippen molar-refractivity contribution in [3.8, 4) is 0 Å². The Bertz CT molecular complexity index is 887. The molecule has 7 nitrogen and oxygen atoms in total. The van der Waals surface area contributed by atoms with Crippen LogP contribution in [0.25, 0.3) is 0 Å². The van der Waals surface area contributed by atoms with E-state index in [0.717, 1.165) is 11.1 Å². The maximum atomic E-state index is 13.3. The first-order chi connectivity index (χ1) is 15.0. The van der Waals surface area contributed by atoms with Gasteiger partial charge in [-0.25, -0.2) is 0 Å². The van der Waals surface area contributed by atoms with Crippen LogP contribution in [0.4, 0.5) is 0 Å². The number of aryl methyl sites for hydroxylation is 1. The van der Waals surface area contributed by atoms with Crippen molar-refractivity contribution in [2.24, 2.45) is 0 Å². The Hall–Kier alpha value is -3.19. The SMILES string of the molecule is O=C(O)CN1C(=O)[C@@H](N[C@@H](CCc2ccccc2)C(=O)O)CCCC1c1ccccc1. The number of carbonyl (C=O) groups is 3. The van der Waals surface area contributed by atoms with E-state index in [2.05, 4.69) is 5.32 Å². The van der Waals surface area contributed by atoms with Gasteiger partial charge in [0.1, 0.15) is 12.6 Å². The second-order valence-corrected chi connectivity index (χ2v) is 7.85. The molecule has 2 aromatic carbocycles. The number of rotatable bonds is 9. The van der Waals surface area contributed by atoms with E-state index in [9.17, 15) is 24.6 Å². The molecule has 0 saturated carbocycles. The number of carbonyl (C=O) groups excluding carboxylic acids is 1. The largest absolute Gasteiger partial charge is 0.480 e. The number of hydrogen-bond acceptors (Lipinski definition) is 4.